The van der Waals surface area contributed by atoms with Gasteiger partial charge in [0, 0.05) is 56.3 Å². The molecule has 8 heteroatoms. The number of halogens is 3. The van der Waals surface area contributed by atoms with Crippen molar-refractivity contribution in [1.82, 2.24) is 14.7 Å². The number of amides is 1. The number of aryl methyl sites for hydroxylation is 2. The zero-order chi connectivity index (χ0) is 29.6. The van der Waals surface area contributed by atoms with E-state index in [2.05, 4.69) is 30.6 Å². The molecule has 0 aromatic heterocycles. The minimum absolute atomic E-state index is 0.0136. The van der Waals surface area contributed by atoms with Crippen molar-refractivity contribution in [2.75, 3.05) is 32.7 Å². The van der Waals surface area contributed by atoms with Crippen molar-refractivity contribution in [3.63, 3.8) is 0 Å². The molecular formula is C33H42F3N3O2. The lowest BCUT2D eigenvalue weighted by molar-refractivity contribution is -0.141. The van der Waals surface area contributed by atoms with Crippen molar-refractivity contribution >= 4 is 11.7 Å². The zero-order valence-electron chi connectivity index (χ0n) is 24.9. The van der Waals surface area contributed by atoms with Crippen molar-refractivity contribution in [1.29, 1.82) is 0 Å². The molecule has 1 amide bonds. The Morgan fingerprint density at radius 2 is 1.66 bits per heavy atom. The summed E-state index contributed by atoms with van der Waals surface area (Å²) in [6.07, 6.45) is 3.19. The number of fused-ring (bicyclic) bond motifs is 1. The van der Waals surface area contributed by atoms with Crippen molar-refractivity contribution < 1.29 is 22.8 Å². The van der Waals surface area contributed by atoms with E-state index in [-0.39, 0.29) is 35.0 Å². The van der Waals surface area contributed by atoms with Gasteiger partial charge in [0.25, 0.3) is 0 Å². The number of hydrogen-bond donors (Lipinski definition) is 0. The van der Waals surface area contributed by atoms with Crippen LogP contribution in [0.1, 0.15) is 69.2 Å². The standard InChI is InChI=1S/C33H42F3N3O2/c1-20-17-37(31(21(2)40)15-24-13-22-7-6-8-23(22)14-29(24)35)11-12-39(20)32(41)28-19-38(33(3,4)5)18-27(28)26-10-9-25(34)16-30(26)36/h9-10,13-14,16,20,27-28,31H,6-8,11-12,15,17-19H2,1-5H3/t20-,27-,28+,31-/m0/s1. The minimum Gasteiger partial charge on any atom is -0.337 e. The molecule has 2 aromatic rings. The highest BCUT2D eigenvalue weighted by molar-refractivity contribution is 5.83. The van der Waals surface area contributed by atoms with Gasteiger partial charge in [-0.2, -0.15) is 0 Å². The molecule has 3 aliphatic rings. The predicted octanol–water partition coefficient (Wildman–Crippen LogP) is 5.14. The molecule has 2 heterocycles. The highest BCUT2D eigenvalue weighted by Gasteiger charge is 2.46. The first-order valence-electron chi connectivity index (χ1n) is 14.9. The van der Waals surface area contributed by atoms with Crippen LogP contribution in [0.2, 0.25) is 0 Å². The summed E-state index contributed by atoms with van der Waals surface area (Å²) in [6, 6.07) is 6.55. The third kappa shape index (κ3) is 6.09. The average Bonchev–Trinajstić information content (AvgIpc) is 3.53. The third-order valence-corrected chi connectivity index (χ3v) is 9.47. The summed E-state index contributed by atoms with van der Waals surface area (Å²) in [4.78, 5) is 33.0. The number of rotatable bonds is 6. The van der Waals surface area contributed by atoms with E-state index in [1.54, 1.807) is 13.0 Å². The second kappa shape index (κ2) is 11.5. The zero-order valence-corrected chi connectivity index (χ0v) is 24.9. The van der Waals surface area contributed by atoms with E-state index in [9.17, 15) is 22.8 Å². The fraction of sp³-hybridized carbons (Fsp3) is 0.576. The van der Waals surface area contributed by atoms with Gasteiger partial charge in [0.1, 0.15) is 23.2 Å². The van der Waals surface area contributed by atoms with Crippen LogP contribution in [-0.4, -0.2) is 76.7 Å². The Bertz CT molecular complexity index is 1320. The van der Waals surface area contributed by atoms with E-state index < -0.39 is 23.6 Å². The first-order chi connectivity index (χ1) is 19.3. The van der Waals surface area contributed by atoms with E-state index in [1.165, 1.54) is 17.7 Å². The largest absolute Gasteiger partial charge is 0.337 e. The van der Waals surface area contributed by atoms with Crippen LogP contribution in [0, 0.1) is 23.4 Å². The number of carbonyl (C=O) groups excluding carboxylic acids is 2. The molecule has 2 aliphatic heterocycles. The van der Waals surface area contributed by atoms with Crippen molar-refractivity contribution in [3.05, 3.63) is 70.0 Å². The van der Waals surface area contributed by atoms with Crippen LogP contribution in [0.25, 0.3) is 0 Å². The summed E-state index contributed by atoms with van der Waals surface area (Å²) in [5.74, 6) is -2.41. The molecule has 0 radical (unpaired) electrons. The second-order valence-corrected chi connectivity index (χ2v) is 13.2. The average molecular weight is 570 g/mol. The van der Waals surface area contributed by atoms with Gasteiger partial charge in [0.15, 0.2) is 0 Å². The minimum atomic E-state index is -0.635. The predicted molar refractivity (Wildman–Crippen MR) is 153 cm³/mol. The fourth-order valence-electron chi connectivity index (χ4n) is 7.07. The van der Waals surface area contributed by atoms with Gasteiger partial charge in [0.05, 0.1) is 12.0 Å². The molecular weight excluding hydrogens is 527 g/mol. The summed E-state index contributed by atoms with van der Waals surface area (Å²) in [5.41, 5.74) is 2.99. The Morgan fingerprint density at radius 1 is 0.951 bits per heavy atom. The Kier molecular flexibility index (Phi) is 8.37. The van der Waals surface area contributed by atoms with Gasteiger partial charge in [-0.1, -0.05) is 12.1 Å². The van der Waals surface area contributed by atoms with Gasteiger partial charge in [-0.3, -0.25) is 19.4 Å². The lowest BCUT2D eigenvalue weighted by atomic mass is 9.87. The number of carbonyl (C=O) groups is 2. The number of likely N-dealkylation sites (tertiary alicyclic amines) is 1. The van der Waals surface area contributed by atoms with Gasteiger partial charge in [-0.15, -0.1) is 0 Å². The first kappa shape index (κ1) is 29.8. The Hall–Kier alpha value is -2.71. The van der Waals surface area contributed by atoms with Crippen LogP contribution in [0.3, 0.4) is 0 Å². The Morgan fingerprint density at radius 3 is 2.29 bits per heavy atom. The first-order valence-corrected chi connectivity index (χ1v) is 14.9. The summed E-state index contributed by atoms with van der Waals surface area (Å²) in [6.45, 7) is 12.2. The highest BCUT2D eigenvalue weighted by atomic mass is 19.1. The molecule has 4 atom stereocenters. The Labute approximate surface area is 241 Å². The van der Waals surface area contributed by atoms with Gasteiger partial charge in [-0.05, 0) is 94.7 Å². The van der Waals surface area contributed by atoms with Crippen molar-refractivity contribution in [2.24, 2.45) is 5.92 Å². The van der Waals surface area contributed by atoms with E-state index in [1.807, 2.05) is 17.9 Å². The molecule has 0 N–H and O–H groups in total. The molecule has 2 aromatic carbocycles. The normalized spacial score (nSPS) is 24.5. The molecule has 41 heavy (non-hydrogen) atoms. The number of Topliss-reactive ketones (excluding diaryl/α,β-unsaturated/α-hetero) is 1. The summed E-state index contributed by atoms with van der Waals surface area (Å²) < 4.78 is 43.6. The van der Waals surface area contributed by atoms with Gasteiger partial charge in [0.2, 0.25) is 5.91 Å². The number of benzene rings is 2. The number of ketones is 1. The molecule has 1 aliphatic carbocycles. The van der Waals surface area contributed by atoms with Crippen molar-refractivity contribution in [3.8, 4) is 0 Å². The summed E-state index contributed by atoms with van der Waals surface area (Å²) in [7, 11) is 0. The molecule has 5 nitrogen and oxygen atoms in total. The summed E-state index contributed by atoms with van der Waals surface area (Å²) in [5, 5.41) is 0. The maximum absolute atomic E-state index is 15.0. The molecule has 2 saturated heterocycles. The quantitative estimate of drug-likeness (QED) is 0.484. The molecule has 0 bridgehead atoms. The molecule has 0 spiro atoms. The number of piperazine rings is 1. The molecule has 0 unspecified atom stereocenters. The maximum atomic E-state index is 15.0. The van der Waals surface area contributed by atoms with Crippen LogP contribution in [-0.2, 0) is 28.9 Å². The van der Waals surface area contributed by atoms with Gasteiger partial charge in [-0.25, -0.2) is 13.2 Å². The monoisotopic (exact) mass is 569 g/mol. The van der Waals surface area contributed by atoms with Gasteiger partial charge >= 0.3 is 0 Å². The van der Waals surface area contributed by atoms with E-state index in [4.69, 9.17) is 0 Å². The molecule has 0 saturated carbocycles. The van der Waals surface area contributed by atoms with Crippen molar-refractivity contribution in [2.45, 2.75) is 83.8 Å². The van der Waals surface area contributed by atoms with Crippen LogP contribution in [0.15, 0.2) is 30.3 Å². The van der Waals surface area contributed by atoms with E-state index in [0.717, 1.165) is 30.9 Å². The fourth-order valence-corrected chi connectivity index (χ4v) is 7.07. The lowest BCUT2D eigenvalue weighted by Gasteiger charge is -2.44. The molecule has 5 rings (SSSR count). The van der Waals surface area contributed by atoms with E-state index in [0.29, 0.717) is 50.3 Å². The van der Waals surface area contributed by atoms with E-state index >= 15 is 0 Å². The number of nitrogens with zero attached hydrogens (tertiary/aromatic N) is 3. The smallest absolute Gasteiger partial charge is 0.227 e. The second-order valence-electron chi connectivity index (χ2n) is 13.2. The third-order valence-electron chi connectivity index (χ3n) is 9.47. The lowest BCUT2D eigenvalue weighted by Crippen LogP contribution is -2.59. The Balaban J connectivity index is 1.32. The SMILES string of the molecule is CC(=O)[C@H](Cc1cc2c(cc1F)CCC2)N1CCN(C(=O)[C@@H]2CN(C(C)(C)C)C[C@H]2c2ccc(F)cc2F)[C@@H](C)C1. The van der Waals surface area contributed by atoms with Crippen LogP contribution in [0.5, 0.6) is 0 Å². The maximum Gasteiger partial charge on any atom is 0.227 e. The van der Waals surface area contributed by atoms with Crippen LogP contribution >= 0.6 is 0 Å². The highest BCUT2D eigenvalue weighted by Crippen LogP contribution is 2.39. The summed E-state index contributed by atoms with van der Waals surface area (Å²) >= 11 is 0. The molecule has 222 valence electrons. The molecule has 2 fully saturated rings. The van der Waals surface area contributed by atoms with Crippen LogP contribution < -0.4 is 0 Å². The van der Waals surface area contributed by atoms with Gasteiger partial charge < -0.3 is 4.90 Å². The van der Waals surface area contributed by atoms with Crippen LogP contribution in [0.4, 0.5) is 13.2 Å². The number of hydrogen-bond acceptors (Lipinski definition) is 4. The topological polar surface area (TPSA) is 43.9 Å².